The number of nitrogens with zero attached hydrogens (tertiary/aromatic N) is 1. The summed E-state index contributed by atoms with van der Waals surface area (Å²) < 4.78 is 5.40. The Balaban J connectivity index is 1.94. The molecule has 1 fully saturated rings. The smallest absolute Gasteiger partial charge is 0.410 e. The molecular formula is C16H23NO3. The molecule has 1 N–H and O–H groups in total. The highest BCUT2D eigenvalue weighted by molar-refractivity contribution is 5.69. The van der Waals surface area contributed by atoms with Gasteiger partial charge in [0.1, 0.15) is 6.61 Å². The monoisotopic (exact) mass is 277 g/mol. The summed E-state index contributed by atoms with van der Waals surface area (Å²) in [7, 11) is 0. The van der Waals surface area contributed by atoms with Gasteiger partial charge in [-0.1, -0.05) is 43.7 Å². The van der Waals surface area contributed by atoms with Crippen LogP contribution in [-0.2, 0) is 11.3 Å². The Morgan fingerprint density at radius 1 is 1.30 bits per heavy atom. The number of carbonyl (C=O) groups is 1. The number of aliphatic hydroxyl groups is 1. The average molecular weight is 277 g/mol. The van der Waals surface area contributed by atoms with Crippen LogP contribution in [0.2, 0.25) is 0 Å². The minimum absolute atomic E-state index is 0.0145. The Labute approximate surface area is 120 Å². The van der Waals surface area contributed by atoms with E-state index < -0.39 is 0 Å². The molecule has 0 saturated carbocycles. The Hall–Kier alpha value is -1.55. The van der Waals surface area contributed by atoms with Gasteiger partial charge in [-0.3, -0.25) is 4.90 Å². The van der Waals surface area contributed by atoms with Crippen molar-refractivity contribution in [2.24, 2.45) is 0 Å². The standard InChI is InChI=1S/C16H23NO3/c1-2-6-14-9-10-15(11-18)17(14)16(19)20-12-13-7-4-3-5-8-13/h3-5,7-8,14-15,18H,2,6,9-12H2,1H3. The molecule has 4 nitrogen and oxygen atoms in total. The second-order valence-corrected chi connectivity index (χ2v) is 5.30. The Bertz CT molecular complexity index is 421. The number of likely N-dealkylation sites (tertiary alicyclic amines) is 1. The molecule has 4 heteroatoms. The molecule has 0 bridgehead atoms. The molecule has 1 heterocycles. The lowest BCUT2D eigenvalue weighted by Gasteiger charge is -2.28. The molecule has 1 aliphatic heterocycles. The minimum atomic E-state index is -0.302. The van der Waals surface area contributed by atoms with Crippen molar-refractivity contribution in [3.63, 3.8) is 0 Å². The predicted molar refractivity (Wildman–Crippen MR) is 77.3 cm³/mol. The van der Waals surface area contributed by atoms with Crippen molar-refractivity contribution in [3.8, 4) is 0 Å². The normalized spacial score (nSPS) is 22.0. The number of hydrogen-bond donors (Lipinski definition) is 1. The van der Waals surface area contributed by atoms with E-state index in [2.05, 4.69) is 6.92 Å². The Kier molecular flexibility index (Phi) is 5.41. The van der Waals surface area contributed by atoms with Crippen molar-refractivity contribution in [1.29, 1.82) is 0 Å². The molecule has 0 aliphatic carbocycles. The summed E-state index contributed by atoms with van der Waals surface area (Å²) in [5.74, 6) is 0. The first-order chi connectivity index (χ1) is 9.76. The van der Waals surface area contributed by atoms with Crippen molar-refractivity contribution >= 4 is 6.09 Å². The molecule has 0 radical (unpaired) electrons. The summed E-state index contributed by atoms with van der Waals surface area (Å²) in [5.41, 5.74) is 0.979. The number of amides is 1. The first-order valence-electron chi connectivity index (χ1n) is 7.36. The molecule has 20 heavy (non-hydrogen) atoms. The van der Waals surface area contributed by atoms with Gasteiger partial charge in [0, 0.05) is 6.04 Å². The van der Waals surface area contributed by atoms with E-state index in [4.69, 9.17) is 4.74 Å². The highest BCUT2D eigenvalue weighted by Crippen LogP contribution is 2.28. The van der Waals surface area contributed by atoms with Crippen LogP contribution < -0.4 is 0 Å². The molecule has 110 valence electrons. The fourth-order valence-corrected chi connectivity index (χ4v) is 2.85. The second kappa shape index (κ2) is 7.29. The first kappa shape index (κ1) is 14.9. The van der Waals surface area contributed by atoms with Gasteiger partial charge in [-0.2, -0.15) is 0 Å². The van der Waals surface area contributed by atoms with Crippen LogP contribution in [0.4, 0.5) is 4.79 Å². The van der Waals surface area contributed by atoms with Gasteiger partial charge in [-0.05, 0) is 24.8 Å². The van der Waals surface area contributed by atoms with Gasteiger partial charge in [0.25, 0.3) is 0 Å². The zero-order chi connectivity index (χ0) is 14.4. The maximum atomic E-state index is 12.3. The number of aliphatic hydroxyl groups excluding tert-OH is 1. The predicted octanol–water partition coefficient (Wildman–Crippen LogP) is 2.95. The van der Waals surface area contributed by atoms with Crippen LogP contribution in [0.5, 0.6) is 0 Å². The van der Waals surface area contributed by atoms with Crippen LogP contribution >= 0.6 is 0 Å². The third-order valence-corrected chi connectivity index (χ3v) is 3.87. The van der Waals surface area contributed by atoms with Crippen LogP contribution in [0.25, 0.3) is 0 Å². The fourth-order valence-electron chi connectivity index (χ4n) is 2.85. The van der Waals surface area contributed by atoms with Gasteiger partial charge in [-0.15, -0.1) is 0 Å². The van der Waals surface area contributed by atoms with E-state index >= 15 is 0 Å². The van der Waals surface area contributed by atoms with Crippen molar-refractivity contribution in [3.05, 3.63) is 35.9 Å². The lowest BCUT2D eigenvalue weighted by molar-refractivity contribution is 0.0635. The summed E-state index contributed by atoms with van der Waals surface area (Å²) in [6.07, 6.45) is 3.52. The van der Waals surface area contributed by atoms with E-state index in [9.17, 15) is 9.90 Å². The summed E-state index contributed by atoms with van der Waals surface area (Å²) >= 11 is 0. The molecular weight excluding hydrogens is 254 g/mol. The molecule has 2 unspecified atom stereocenters. The topological polar surface area (TPSA) is 49.8 Å². The van der Waals surface area contributed by atoms with Crippen LogP contribution in [0, 0.1) is 0 Å². The molecule has 1 aliphatic rings. The van der Waals surface area contributed by atoms with Gasteiger partial charge in [0.15, 0.2) is 0 Å². The Morgan fingerprint density at radius 3 is 2.65 bits per heavy atom. The van der Waals surface area contributed by atoms with Gasteiger partial charge in [-0.25, -0.2) is 4.79 Å². The maximum absolute atomic E-state index is 12.3. The zero-order valence-electron chi connectivity index (χ0n) is 12.0. The van der Waals surface area contributed by atoms with Gasteiger partial charge >= 0.3 is 6.09 Å². The molecule has 1 aromatic rings. The van der Waals surface area contributed by atoms with Crippen LogP contribution in [0.3, 0.4) is 0 Å². The van der Waals surface area contributed by atoms with E-state index in [0.29, 0.717) is 0 Å². The quantitative estimate of drug-likeness (QED) is 0.900. The molecule has 2 atom stereocenters. The van der Waals surface area contributed by atoms with E-state index in [1.807, 2.05) is 30.3 Å². The van der Waals surface area contributed by atoms with Crippen LogP contribution in [0.1, 0.15) is 38.2 Å². The third kappa shape index (κ3) is 3.51. The van der Waals surface area contributed by atoms with E-state index in [-0.39, 0.29) is 31.4 Å². The van der Waals surface area contributed by atoms with Crippen molar-refractivity contribution in [2.45, 2.75) is 51.3 Å². The molecule has 1 amide bonds. The van der Waals surface area contributed by atoms with Crippen LogP contribution in [0.15, 0.2) is 30.3 Å². The maximum Gasteiger partial charge on any atom is 0.410 e. The first-order valence-corrected chi connectivity index (χ1v) is 7.36. The zero-order valence-corrected chi connectivity index (χ0v) is 12.0. The molecule has 1 aromatic carbocycles. The number of benzene rings is 1. The highest BCUT2D eigenvalue weighted by atomic mass is 16.6. The van der Waals surface area contributed by atoms with Gasteiger partial charge in [0.2, 0.25) is 0 Å². The van der Waals surface area contributed by atoms with Gasteiger partial charge in [0.05, 0.1) is 12.6 Å². The number of carbonyl (C=O) groups excluding carboxylic acids is 1. The number of ether oxygens (including phenoxy) is 1. The molecule has 0 spiro atoms. The van der Waals surface area contributed by atoms with Crippen LogP contribution in [-0.4, -0.2) is 34.8 Å². The summed E-state index contributed by atoms with van der Waals surface area (Å²) in [5, 5.41) is 9.41. The lowest BCUT2D eigenvalue weighted by atomic mass is 10.1. The number of rotatable bonds is 5. The van der Waals surface area contributed by atoms with E-state index in [0.717, 1.165) is 31.2 Å². The van der Waals surface area contributed by atoms with E-state index in [1.165, 1.54) is 0 Å². The summed E-state index contributed by atoms with van der Waals surface area (Å²) in [6, 6.07) is 9.78. The largest absolute Gasteiger partial charge is 0.445 e. The minimum Gasteiger partial charge on any atom is -0.445 e. The average Bonchev–Trinajstić information content (AvgIpc) is 2.89. The van der Waals surface area contributed by atoms with Crippen molar-refractivity contribution < 1.29 is 14.6 Å². The SMILES string of the molecule is CCCC1CCC(CO)N1C(=O)OCc1ccccc1. The Morgan fingerprint density at radius 2 is 2.00 bits per heavy atom. The molecule has 2 rings (SSSR count). The molecule has 1 saturated heterocycles. The second-order valence-electron chi connectivity index (χ2n) is 5.30. The summed E-state index contributed by atoms with van der Waals surface area (Å²) in [6.45, 7) is 2.41. The van der Waals surface area contributed by atoms with E-state index in [1.54, 1.807) is 4.90 Å². The highest BCUT2D eigenvalue weighted by Gasteiger charge is 2.36. The van der Waals surface area contributed by atoms with Crippen molar-refractivity contribution in [1.82, 2.24) is 4.90 Å². The number of hydrogen-bond acceptors (Lipinski definition) is 3. The fraction of sp³-hybridized carbons (Fsp3) is 0.562. The third-order valence-electron chi connectivity index (χ3n) is 3.87. The van der Waals surface area contributed by atoms with Crippen molar-refractivity contribution in [2.75, 3.05) is 6.61 Å². The lowest BCUT2D eigenvalue weighted by Crippen LogP contribution is -2.43. The molecule has 0 aromatic heterocycles. The van der Waals surface area contributed by atoms with Gasteiger partial charge < -0.3 is 9.84 Å². The summed E-state index contributed by atoms with van der Waals surface area (Å²) in [4.78, 5) is 14.0.